The lowest BCUT2D eigenvalue weighted by Gasteiger charge is -2.37. The molecule has 5 atom stereocenters. The average molecular weight is 701 g/mol. The zero-order chi connectivity index (χ0) is 36.8. The van der Waals surface area contributed by atoms with Crippen molar-refractivity contribution in [2.45, 2.75) is 83.5 Å². The third-order valence-electron chi connectivity index (χ3n) is 11.1. The van der Waals surface area contributed by atoms with Gasteiger partial charge in [0.05, 0.1) is 24.0 Å². The molecule has 276 valence electrons. The maximum absolute atomic E-state index is 15.1. The highest BCUT2D eigenvalue weighted by Gasteiger charge is 2.79. The third-order valence-corrected chi connectivity index (χ3v) is 11.1. The maximum Gasteiger partial charge on any atom is 0.253 e. The second-order valence-electron chi connectivity index (χ2n) is 13.7. The molecule has 0 radical (unpaired) electrons. The Bertz CT molecular complexity index is 1540. The normalized spacial score (nSPS) is 24.7. The van der Waals surface area contributed by atoms with Crippen molar-refractivity contribution in [3.63, 3.8) is 0 Å². The summed E-state index contributed by atoms with van der Waals surface area (Å²) in [7, 11) is 0. The van der Waals surface area contributed by atoms with Crippen LogP contribution in [0.2, 0.25) is 0 Å². The second-order valence-corrected chi connectivity index (χ2v) is 13.7. The molecular weight excluding hydrogens is 644 g/mol. The molecule has 2 aromatic rings. The predicted octanol–water partition coefficient (Wildman–Crippen LogP) is 5.99. The van der Waals surface area contributed by atoms with Crippen LogP contribution in [0.4, 0.5) is 17.1 Å². The number of nitrogens with zero attached hydrogens (tertiary/aromatic N) is 4. The van der Waals surface area contributed by atoms with Gasteiger partial charge in [0.2, 0.25) is 11.8 Å². The van der Waals surface area contributed by atoms with Crippen molar-refractivity contribution in [3.8, 4) is 5.75 Å². The van der Waals surface area contributed by atoms with Crippen LogP contribution in [0, 0.1) is 11.8 Å². The van der Waals surface area contributed by atoms with E-state index in [4.69, 9.17) is 9.47 Å². The molecule has 2 bridgehead atoms. The Morgan fingerprint density at radius 2 is 1.47 bits per heavy atom. The van der Waals surface area contributed by atoms with Gasteiger partial charge in [-0.15, -0.1) is 13.2 Å². The summed E-state index contributed by atoms with van der Waals surface area (Å²) < 4.78 is 12.7. The first-order chi connectivity index (χ1) is 24.7. The molecule has 10 heteroatoms. The van der Waals surface area contributed by atoms with Crippen molar-refractivity contribution < 1.29 is 29.0 Å². The fraction of sp³-hybridized carbons (Fsp3) is 0.537. The molecule has 3 amide bonds. The number of hydrogen-bond donors (Lipinski definition) is 1. The van der Waals surface area contributed by atoms with Crippen LogP contribution in [-0.2, 0) is 19.1 Å². The molecule has 0 aromatic heterocycles. The quantitative estimate of drug-likeness (QED) is 0.142. The van der Waals surface area contributed by atoms with Gasteiger partial charge in [-0.25, -0.2) is 0 Å². The van der Waals surface area contributed by atoms with E-state index in [2.05, 4.69) is 31.9 Å². The van der Waals surface area contributed by atoms with Crippen LogP contribution in [0.25, 0.3) is 0 Å². The van der Waals surface area contributed by atoms with Crippen LogP contribution in [0.5, 0.6) is 5.75 Å². The van der Waals surface area contributed by atoms with Gasteiger partial charge in [0.25, 0.3) is 5.91 Å². The van der Waals surface area contributed by atoms with E-state index < -0.39 is 29.1 Å². The summed E-state index contributed by atoms with van der Waals surface area (Å²) in [5.41, 5.74) is 0.395. The van der Waals surface area contributed by atoms with E-state index in [1.807, 2.05) is 62.4 Å². The Kier molecular flexibility index (Phi) is 12.3. The fourth-order valence-corrected chi connectivity index (χ4v) is 8.72. The van der Waals surface area contributed by atoms with Crippen LogP contribution < -0.4 is 19.4 Å². The van der Waals surface area contributed by atoms with Crippen molar-refractivity contribution in [3.05, 3.63) is 73.8 Å². The largest absolute Gasteiger partial charge is 0.494 e. The zero-order valence-electron chi connectivity index (χ0n) is 30.9. The Labute approximate surface area is 303 Å². The summed E-state index contributed by atoms with van der Waals surface area (Å²) in [5.74, 6) is -1.56. The van der Waals surface area contributed by atoms with Crippen molar-refractivity contribution in [2.24, 2.45) is 11.8 Å². The molecule has 51 heavy (non-hydrogen) atoms. The molecule has 2 unspecified atom stereocenters. The van der Waals surface area contributed by atoms with Crippen LogP contribution in [-0.4, -0.2) is 90.9 Å². The maximum atomic E-state index is 15.1. The summed E-state index contributed by atoms with van der Waals surface area (Å²) >= 11 is 0. The smallest absolute Gasteiger partial charge is 0.253 e. The summed E-state index contributed by atoms with van der Waals surface area (Å²) in [6.45, 7) is 19.2. The van der Waals surface area contributed by atoms with E-state index in [0.717, 1.165) is 18.8 Å². The topological polar surface area (TPSA) is 103 Å². The number of likely N-dealkylation sites (tertiary alicyclic amines) is 1. The Hall–Kier alpha value is -4.15. The molecule has 1 spiro atoms. The average Bonchev–Trinajstić information content (AvgIpc) is 3.75. The number of aliphatic hydroxyl groups excluding tert-OH is 1. The minimum Gasteiger partial charge on any atom is -0.494 e. The molecule has 3 aliphatic rings. The van der Waals surface area contributed by atoms with Crippen molar-refractivity contribution >= 4 is 34.8 Å². The first kappa shape index (κ1) is 38.1. The van der Waals surface area contributed by atoms with E-state index in [-0.39, 0.29) is 37.4 Å². The molecule has 5 rings (SSSR count). The van der Waals surface area contributed by atoms with Crippen LogP contribution in [0.3, 0.4) is 0 Å². The number of carbonyl (C=O) groups is 3. The number of fused-ring (bicyclic) bond motifs is 1. The number of ether oxygens (including phenoxy) is 2. The summed E-state index contributed by atoms with van der Waals surface area (Å²) in [4.78, 5) is 52.2. The molecule has 3 aliphatic heterocycles. The Morgan fingerprint density at radius 3 is 2.02 bits per heavy atom. The summed E-state index contributed by atoms with van der Waals surface area (Å²) in [6.07, 6.45) is 6.90. The van der Waals surface area contributed by atoms with Gasteiger partial charge in [-0.1, -0.05) is 19.1 Å². The van der Waals surface area contributed by atoms with Gasteiger partial charge in [-0.05, 0) is 108 Å². The van der Waals surface area contributed by atoms with Crippen molar-refractivity contribution in [1.29, 1.82) is 0 Å². The number of rotatable bonds is 19. The molecule has 3 saturated heterocycles. The number of aliphatic hydroxyl groups is 1. The number of benzene rings is 2. The molecule has 0 aliphatic carbocycles. The first-order valence-corrected chi connectivity index (χ1v) is 18.7. The molecule has 0 saturated carbocycles. The van der Waals surface area contributed by atoms with Gasteiger partial charge in [-0.2, -0.15) is 0 Å². The van der Waals surface area contributed by atoms with Gasteiger partial charge in [0, 0.05) is 56.4 Å². The van der Waals surface area contributed by atoms with E-state index in [1.165, 1.54) is 0 Å². The predicted molar refractivity (Wildman–Crippen MR) is 202 cm³/mol. The first-order valence-electron chi connectivity index (χ1n) is 18.7. The third kappa shape index (κ3) is 6.92. The highest BCUT2D eigenvalue weighted by Crippen LogP contribution is 2.65. The number of amides is 3. The van der Waals surface area contributed by atoms with E-state index in [0.29, 0.717) is 68.8 Å². The van der Waals surface area contributed by atoms with E-state index in [1.54, 1.807) is 26.9 Å². The standard InChI is InChI=1S/C41H56N4O6/c1-7-26-43(32-20-22-33(23-21-32)50-12-6)37(47)34-35-38(48)45(28-14-13-15-29-46)36(41(35)25-24-40(34,9-3)51-41)39(49)44(27-8-2)31-18-16-30(17-19-31)42(10-4)11-5/h7-8,16-23,34-36,46H,1-2,9-15,24-29H2,3-6H3/t34-,35-,36?,40+,41?/m0/s1. The van der Waals surface area contributed by atoms with Crippen LogP contribution >= 0.6 is 0 Å². The molecule has 3 fully saturated rings. The lowest BCUT2D eigenvalue weighted by molar-refractivity contribution is -0.146. The lowest BCUT2D eigenvalue weighted by atomic mass is 9.64. The second kappa shape index (κ2) is 16.5. The van der Waals surface area contributed by atoms with E-state index in [9.17, 15) is 14.7 Å². The van der Waals surface area contributed by atoms with Gasteiger partial charge >= 0.3 is 0 Å². The molecule has 10 nitrogen and oxygen atoms in total. The zero-order valence-corrected chi connectivity index (χ0v) is 30.9. The Morgan fingerprint density at radius 1 is 0.882 bits per heavy atom. The summed E-state index contributed by atoms with van der Waals surface area (Å²) in [6, 6.07) is 14.4. The molecule has 1 N–H and O–H groups in total. The number of anilines is 3. The van der Waals surface area contributed by atoms with Crippen molar-refractivity contribution in [1.82, 2.24) is 4.90 Å². The number of hydrogen-bond acceptors (Lipinski definition) is 7. The van der Waals surface area contributed by atoms with Crippen molar-refractivity contribution in [2.75, 3.05) is 60.6 Å². The van der Waals surface area contributed by atoms with Crippen LogP contribution in [0.1, 0.15) is 66.2 Å². The Balaban J connectivity index is 1.56. The highest BCUT2D eigenvalue weighted by atomic mass is 16.5. The summed E-state index contributed by atoms with van der Waals surface area (Å²) in [5, 5.41) is 9.46. The van der Waals surface area contributed by atoms with Gasteiger partial charge in [-0.3, -0.25) is 14.4 Å². The van der Waals surface area contributed by atoms with E-state index >= 15 is 4.79 Å². The van der Waals surface area contributed by atoms with Gasteiger partial charge in [0.1, 0.15) is 17.4 Å². The highest BCUT2D eigenvalue weighted by molar-refractivity contribution is 6.07. The van der Waals surface area contributed by atoms with Crippen LogP contribution in [0.15, 0.2) is 73.8 Å². The van der Waals surface area contributed by atoms with Gasteiger partial charge < -0.3 is 34.2 Å². The monoisotopic (exact) mass is 700 g/mol. The minimum atomic E-state index is -1.17. The lowest BCUT2D eigenvalue weighted by Crippen LogP contribution is -2.56. The van der Waals surface area contributed by atoms with Gasteiger partial charge in [0.15, 0.2) is 0 Å². The molecular formula is C41H56N4O6. The fourth-order valence-electron chi connectivity index (χ4n) is 8.72. The SMILES string of the molecule is C=CCN(C(=O)C1N(CCCCCO)C(=O)[C@@H]2[C@@H](C(=O)N(CC=C)c3ccc(OCC)cc3)[C@@]3(CC)CCC12O3)c1ccc(N(CC)CC)cc1. The minimum absolute atomic E-state index is 0.0584. The number of carbonyl (C=O) groups excluding carboxylic acids is 3. The molecule has 3 heterocycles. The molecule has 2 aromatic carbocycles. The number of unbranched alkanes of at least 4 members (excludes halogenated alkanes) is 2.